The molecule has 0 rings (SSSR count). The summed E-state index contributed by atoms with van der Waals surface area (Å²) in [7, 11) is 0. The maximum Gasteiger partial charge on any atom is 0.331 e. The van der Waals surface area contributed by atoms with Gasteiger partial charge in [-0.3, -0.25) is 0 Å². The fraction of sp³-hybridized carbons (Fsp3) is 0.667. The zero-order valence-corrected chi connectivity index (χ0v) is 5.97. The second kappa shape index (κ2) is 4.06. The average Bonchev–Trinajstić information content (AvgIpc) is 1.83. The fourth-order valence-electron chi connectivity index (χ4n) is 0.207. The minimum absolute atomic E-state index is 0.372. The highest BCUT2D eigenvalue weighted by Crippen LogP contribution is 1.85. The SMILES string of the molecule is CC/C(C)=N\OC(C)=O. The van der Waals surface area contributed by atoms with E-state index in [1.165, 1.54) is 6.92 Å². The Morgan fingerprint density at radius 3 is 2.44 bits per heavy atom. The van der Waals surface area contributed by atoms with Gasteiger partial charge >= 0.3 is 5.97 Å². The Balaban J connectivity index is 3.56. The molecule has 9 heavy (non-hydrogen) atoms. The van der Waals surface area contributed by atoms with E-state index < -0.39 is 0 Å². The Bertz CT molecular complexity index is 129. The van der Waals surface area contributed by atoms with Crippen molar-refractivity contribution in [3.63, 3.8) is 0 Å². The standard InChI is InChI=1S/C6H11NO2/c1-4-5(2)7-9-6(3)8/h4H2,1-3H3/b7-5-. The highest BCUT2D eigenvalue weighted by atomic mass is 16.7. The van der Waals surface area contributed by atoms with Crippen LogP contribution in [0.3, 0.4) is 0 Å². The molecular formula is C6H11NO2. The molecule has 0 amide bonds. The van der Waals surface area contributed by atoms with Crippen molar-refractivity contribution in [3.8, 4) is 0 Å². The van der Waals surface area contributed by atoms with Crippen molar-refractivity contribution in [1.82, 2.24) is 0 Å². The van der Waals surface area contributed by atoms with Crippen LogP contribution in [0.15, 0.2) is 5.16 Å². The van der Waals surface area contributed by atoms with E-state index >= 15 is 0 Å². The second-order valence-electron chi connectivity index (χ2n) is 1.76. The van der Waals surface area contributed by atoms with Gasteiger partial charge in [0.25, 0.3) is 0 Å². The Labute approximate surface area is 54.7 Å². The summed E-state index contributed by atoms with van der Waals surface area (Å²) in [4.78, 5) is 14.5. The fourth-order valence-corrected chi connectivity index (χ4v) is 0.207. The van der Waals surface area contributed by atoms with Crippen LogP contribution in [-0.4, -0.2) is 11.7 Å². The first-order valence-electron chi connectivity index (χ1n) is 2.88. The molecule has 0 aromatic rings. The van der Waals surface area contributed by atoms with E-state index in [4.69, 9.17) is 0 Å². The van der Waals surface area contributed by atoms with E-state index in [0.29, 0.717) is 0 Å². The summed E-state index contributed by atoms with van der Waals surface area (Å²) in [6.45, 7) is 5.08. The molecule has 0 aliphatic rings. The normalized spacial score (nSPS) is 11.2. The highest BCUT2D eigenvalue weighted by molar-refractivity contribution is 5.81. The van der Waals surface area contributed by atoms with Gasteiger partial charge in [-0.1, -0.05) is 12.1 Å². The molecule has 0 saturated heterocycles. The molecule has 0 atom stereocenters. The third kappa shape index (κ3) is 5.00. The molecule has 0 aliphatic heterocycles. The van der Waals surface area contributed by atoms with E-state index in [9.17, 15) is 4.79 Å². The largest absolute Gasteiger partial charge is 0.331 e. The van der Waals surface area contributed by atoms with Crippen LogP contribution < -0.4 is 0 Å². The first-order chi connectivity index (χ1) is 4.16. The summed E-state index contributed by atoms with van der Waals surface area (Å²) in [5.41, 5.74) is 0.824. The topological polar surface area (TPSA) is 38.7 Å². The highest BCUT2D eigenvalue weighted by Gasteiger charge is 1.89. The number of hydrogen-bond acceptors (Lipinski definition) is 3. The van der Waals surface area contributed by atoms with Gasteiger partial charge in [0.15, 0.2) is 0 Å². The van der Waals surface area contributed by atoms with Gasteiger partial charge in [0.05, 0.1) is 5.71 Å². The van der Waals surface area contributed by atoms with Crippen LogP contribution in [0.4, 0.5) is 0 Å². The van der Waals surface area contributed by atoms with Crippen molar-refractivity contribution in [2.75, 3.05) is 0 Å². The van der Waals surface area contributed by atoms with Crippen LogP contribution in [0, 0.1) is 0 Å². The van der Waals surface area contributed by atoms with Gasteiger partial charge in [0, 0.05) is 6.92 Å². The van der Waals surface area contributed by atoms with Crippen LogP contribution in [-0.2, 0) is 9.63 Å². The molecule has 0 aromatic carbocycles. The van der Waals surface area contributed by atoms with E-state index in [-0.39, 0.29) is 5.97 Å². The first kappa shape index (κ1) is 8.14. The molecule has 0 N–H and O–H groups in total. The van der Waals surface area contributed by atoms with Gasteiger partial charge in [-0.15, -0.1) is 0 Å². The lowest BCUT2D eigenvalue weighted by Gasteiger charge is -1.91. The molecule has 3 heteroatoms. The molecule has 3 nitrogen and oxygen atoms in total. The Morgan fingerprint density at radius 2 is 2.11 bits per heavy atom. The summed E-state index contributed by atoms with van der Waals surface area (Å²) >= 11 is 0. The summed E-state index contributed by atoms with van der Waals surface area (Å²) in [5.74, 6) is -0.372. The van der Waals surface area contributed by atoms with Crippen LogP contribution in [0.5, 0.6) is 0 Å². The number of oxime groups is 1. The lowest BCUT2D eigenvalue weighted by molar-refractivity contribution is -0.140. The maximum absolute atomic E-state index is 10.1. The molecule has 0 heterocycles. The van der Waals surface area contributed by atoms with Crippen LogP contribution in [0.25, 0.3) is 0 Å². The van der Waals surface area contributed by atoms with Gasteiger partial charge in [-0.05, 0) is 13.3 Å². The van der Waals surface area contributed by atoms with E-state index in [0.717, 1.165) is 12.1 Å². The predicted molar refractivity (Wildman–Crippen MR) is 35.2 cm³/mol. The van der Waals surface area contributed by atoms with Gasteiger partial charge in [0.2, 0.25) is 0 Å². The summed E-state index contributed by atoms with van der Waals surface area (Å²) in [6, 6.07) is 0. The van der Waals surface area contributed by atoms with Crippen molar-refractivity contribution < 1.29 is 9.63 Å². The first-order valence-corrected chi connectivity index (χ1v) is 2.88. The van der Waals surface area contributed by atoms with E-state index in [1.807, 2.05) is 13.8 Å². The lowest BCUT2D eigenvalue weighted by Crippen LogP contribution is -1.95. The van der Waals surface area contributed by atoms with Crippen molar-refractivity contribution >= 4 is 11.7 Å². The number of carbonyl (C=O) groups excluding carboxylic acids is 1. The van der Waals surface area contributed by atoms with Crippen molar-refractivity contribution in [3.05, 3.63) is 0 Å². The van der Waals surface area contributed by atoms with Gasteiger partial charge in [-0.25, -0.2) is 4.79 Å². The van der Waals surface area contributed by atoms with Gasteiger partial charge in [0.1, 0.15) is 0 Å². The molecule has 0 bridgehead atoms. The maximum atomic E-state index is 10.1. The Kier molecular flexibility index (Phi) is 3.67. The summed E-state index contributed by atoms with van der Waals surface area (Å²) < 4.78 is 0. The van der Waals surface area contributed by atoms with Gasteiger partial charge in [-0.2, -0.15) is 0 Å². The molecular weight excluding hydrogens is 118 g/mol. The zero-order chi connectivity index (χ0) is 7.28. The minimum atomic E-state index is -0.372. The van der Waals surface area contributed by atoms with E-state index in [2.05, 4.69) is 9.99 Å². The van der Waals surface area contributed by atoms with Crippen LogP contribution in [0.2, 0.25) is 0 Å². The predicted octanol–water partition coefficient (Wildman–Crippen LogP) is 1.34. The average molecular weight is 129 g/mol. The van der Waals surface area contributed by atoms with Crippen molar-refractivity contribution in [1.29, 1.82) is 0 Å². The third-order valence-corrected chi connectivity index (χ3v) is 0.842. The van der Waals surface area contributed by atoms with E-state index in [1.54, 1.807) is 0 Å². The summed E-state index contributed by atoms with van der Waals surface area (Å²) in [6.07, 6.45) is 0.813. The molecule has 0 saturated carbocycles. The number of rotatable bonds is 2. The van der Waals surface area contributed by atoms with Crippen LogP contribution >= 0.6 is 0 Å². The molecule has 0 spiro atoms. The quantitative estimate of drug-likeness (QED) is 0.320. The summed E-state index contributed by atoms with van der Waals surface area (Å²) in [5, 5.41) is 3.51. The zero-order valence-electron chi connectivity index (χ0n) is 5.97. The smallest absolute Gasteiger partial charge is 0.319 e. The van der Waals surface area contributed by atoms with Crippen molar-refractivity contribution in [2.45, 2.75) is 27.2 Å². The lowest BCUT2D eigenvalue weighted by atomic mass is 10.3. The number of nitrogens with zero attached hydrogens (tertiary/aromatic N) is 1. The molecule has 0 fully saturated rings. The third-order valence-electron chi connectivity index (χ3n) is 0.842. The Hall–Kier alpha value is -0.860. The molecule has 0 radical (unpaired) electrons. The van der Waals surface area contributed by atoms with Crippen molar-refractivity contribution in [2.24, 2.45) is 5.16 Å². The number of hydrogen-bond donors (Lipinski definition) is 0. The molecule has 52 valence electrons. The second-order valence-corrected chi connectivity index (χ2v) is 1.76. The monoisotopic (exact) mass is 129 g/mol. The number of carbonyl (C=O) groups is 1. The van der Waals surface area contributed by atoms with Gasteiger partial charge < -0.3 is 4.84 Å². The molecule has 0 aromatic heterocycles. The Morgan fingerprint density at radius 1 is 1.56 bits per heavy atom. The molecule has 0 aliphatic carbocycles. The minimum Gasteiger partial charge on any atom is -0.319 e. The van der Waals surface area contributed by atoms with Crippen LogP contribution in [0.1, 0.15) is 27.2 Å². The molecule has 0 unspecified atom stereocenters.